The molecule has 2 aromatic carbocycles. The maximum absolute atomic E-state index is 12.7. The van der Waals surface area contributed by atoms with Gasteiger partial charge in [-0.2, -0.15) is 0 Å². The normalized spacial score (nSPS) is 13.4. The van der Waals surface area contributed by atoms with Crippen molar-refractivity contribution in [2.45, 2.75) is 36.8 Å². The fourth-order valence-electron chi connectivity index (χ4n) is 2.91. The largest absolute Gasteiger partial charge is 0.383 e. The lowest BCUT2D eigenvalue weighted by atomic mass is 10.1. The monoisotopic (exact) mass is 383 g/mol. The first-order chi connectivity index (χ1) is 13.1. The molecule has 0 aliphatic carbocycles. The highest BCUT2D eigenvalue weighted by molar-refractivity contribution is 8.00. The van der Waals surface area contributed by atoms with E-state index in [2.05, 4.69) is 9.88 Å². The van der Waals surface area contributed by atoms with Gasteiger partial charge in [0.15, 0.2) is 5.16 Å². The molecule has 0 spiro atoms. The van der Waals surface area contributed by atoms with Gasteiger partial charge in [0, 0.05) is 13.7 Å². The smallest absolute Gasteiger partial charge is 0.233 e. The first kappa shape index (κ1) is 19.5. The molecule has 5 nitrogen and oxygen atoms in total. The number of fused-ring (bicyclic) bond motifs is 1. The van der Waals surface area contributed by atoms with Crippen LogP contribution >= 0.6 is 11.8 Å². The van der Waals surface area contributed by atoms with Crippen molar-refractivity contribution < 1.29 is 9.53 Å². The number of methoxy groups -OCH3 is 1. The minimum Gasteiger partial charge on any atom is -0.383 e. The minimum atomic E-state index is -0.255. The molecule has 1 heterocycles. The Morgan fingerprint density at radius 3 is 2.59 bits per heavy atom. The second-order valence-corrected chi connectivity index (χ2v) is 7.74. The fraction of sp³-hybridized carbons (Fsp3) is 0.333. The number of imidazole rings is 1. The summed E-state index contributed by atoms with van der Waals surface area (Å²) < 4.78 is 7.35. The van der Waals surface area contributed by atoms with Gasteiger partial charge in [-0.3, -0.25) is 4.79 Å². The van der Waals surface area contributed by atoms with E-state index < -0.39 is 0 Å². The van der Waals surface area contributed by atoms with Crippen LogP contribution in [0, 0.1) is 0 Å². The molecule has 6 heteroatoms. The van der Waals surface area contributed by atoms with Crippen molar-refractivity contribution in [3.8, 4) is 0 Å². The topological polar surface area (TPSA) is 56.1 Å². The number of ether oxygens (including phenoxy) is 1. The summed E-state index contributed by atoms with van der Waals surface area (Å²) in [4.78, 5) is 17.4. The third-order valence-corrected chi connectivity index (χ3v) is 5.54. The summed E-state index contributed by atoms with van der Waals surface area (Å²) >= 11 is 1.48. The van der Waals surface area contributed by atoms with E-state index in [0.29, 0.717) is 13.2 Å². The van der Waals surface area contributed by atoms with E-state index >= 15 is 0 Å². The number of para-hydroxylation sites is 2. The van der Waals surface area contributed by atoms with E-state index in [1.807, 2.05) is 68.4 Å². The average Bonchev–Trinajstić information content (AvgIpc) is 3.03. The van der Waals surface area contributed by atoms with Gasteiger partial charge in [-0.25, -0.2) is 4.98 Å². The van der Waals surface area contributed by atoms with Crippen LogP contribution in [0.4, 0.5) is 0 Å². The summed E-state index contributed by atoms with van der Waals surface area (Å²) in [5, 5.41) is 3.67. The summed E-state index contributed by atoms with van der Waals surface area (Å²) in [5.74, 6) is 0.00157. The molecule has 1 aromatic heterocycles. The molecule has 142 valence electrons. The van der Waals surface area contributed by atoms with Gasteiger partial charge in [-0.15, -0.1) is 0 Å². The predicted molar refractivity (Wildman–Crippen MR) is 110 cm³/mol. The first-order valence-electron chi connectivity index (χ1n) is 9.06. The van der Waals surface area contributed by atoms with Crippen LogP contribution in [-0.4, -0.2) is 34.4 Å². The highest BCUT2D eigenvalue weighted by Gasteiger charge is 2.21. The molecule has 2 unspecified atom stereocenters. The van der Waals surface area contributed by atoms with Crippen LogP contribution in [0.5, 0.6) is 0 Å². The van der Waals surface area contributed by atoms with Gasteiger partial charge in [-0.05, 0) is 31.5 Å². The Balaban J connectivity index is 1.73. The van der Waals surface area contributed by atoms with E-state index in [-0.39, 0.29) is 17.2 Å². The lowest BCUT2D eigenvalue weighted by molar-refractivity contribution is -0.120. The molecule has 1 amide bonds. The number of rotatable bonds is 8. The molecule has 0 saturated heterocycles. The molecule has 0 aliphatic heterocycles. The molecular weight excluding hydrogens is 358 g/mol. The summed E-state index contributed by atoms with van der Waals surface area (Å²) in [6.45, 7) is 5.21. The SMILES string of the molecule is COCCn1c(SC(C)C(=O)NC(C)c2ccccc2)nc2ccccc21. The number of hydrogen-bond donors (Lipinski definition) is 1. The number of amides is 1. The predicted octanol–water partition coefficient (Wildman–Crippen LogP) is 4.04. The van der Waals surface area contributed by atoms with Gasteiger partial charge in [0.2, 0.25) is 5.91 Å². The second kappa shape index (κ2) is 9.06. The van der Waals surface area contributed by atoms with Gasteiger partial charge >= 0.3 is 0 Å². The molecule has 1 N–H and O–H groups in total. The Bertz CT molecular complexity index is 895. The summed E-state index contributed by atoms with van der Waals surface area (Å²) in [6, 6.07) is 18.0. The first-order valence-corrected chi connectivity index (χ1v) is 9.94. The molecule has 27 heavy (non-hydrogen) atoms. The lowest BCUT2D eigenvalue weighted by Gasteiger charge is -2.18. The number of benzene rings is 2. The van der Waals surface area contributed by atoms with Crippen LogP contribution in [-0.2, 0) is 16.1 Å². The van der Waals surface area contributed by atoms with Crippen molar-refractivity contribution in [1.29, 1.82) is 0 Å². The van der Waals surface area contributed by atoms with Gasteiger partial charge in [0.1, 0.15) is 0 Å². The van der Waals surface area contributed by atoms with Crippen LogP contribution < -0.4 is 5.32 Å². The number of carbonyl (C=O) groups is 1. The van der Waals surface area contributed by atoms with Crippen molar-refractivity contribution in [2.75, 3.05) is 13.7 Å². The third-order valence-electron chi connectivity index (χ3n) is 4.45. The average molecular weight is 384 g/mol. The Labute approximate surface area is 164 Å². The van der Waals surface area contributed by atoms with Crippen LogP contribution in [0.2, 0.25) is 0 Å². The zero-order valence-electron chi connectivity index (χ0n) is 15.9. The van der Waals surface area contributed by atoms with Gasteiger partial charge in [0.25, 0.3) is 0 Å². The number of nitrogens with zero attached hydrogens (tertiary/aromatic N) is 2. The maximum Gasteiger partial charge on any atom is 0.233 e. The highest BCUT2D eigenvalue weighted by Crippen LogP contribution is 2.27. The molecule has 0 bridgehead atoms. The zero-order valence-corrected chi connectivity index (χ0v) is 16.7. The molecular formula is C21H25N3O2S. The molecule has 0 radical (unpaired) electrons. The molecule has 0 fully saturated rings. The van der Waals surface area contributed by atoms with Gasteiger partial charge in [-0.1, -0.05) is 54.2 Å². The minimum absolute atomic E-state index is 0.00157. The van der Waals surface area contributed by atoms with Crippen molar-refractivity contribution in [3.63, 3.8) is 0 Å². The van der Waals surface area contributed by atoms with Gasteiger partial charge in [0.05, 0.1) is 28.9 Å². The summed E-state index contributed by atoms with van der Waals surface area (Å²) in [6.07, 6.45) is 0. The van der Waals surface area contributed by atoms with Crippen LogP contribution in [0.1, 0.15) is 25.5 Å². The van der Waals surface area contributed by atoms with Crippen molar-refractivity contribution in [3.05, 3.63) is 60.2 Å². The quantitative estimate of drug-likeness (QED) is 0.597. The van der Waals surface area contributed by atoms with Crippen LogP contribution in [0.25, 0.3) is 11.0 Å². The number of hydrogen-bond acceptors (Lipinski definition) is 4. The second-order valence-electron chi connectivity index (χ2n) is 6.43. The Morgan fingerprint density at radius 2 is 1.85 bits per heavy atom. The van der Waals surface area contributed by atoms with Crippen molar-refractivity contribution >= 4 is 28.7 Å². The van der Waals surface area contributed by atoms with Crippen molar-refractivity contribution in [2.24, 2.45) is 0 Å². The Hall–Kier alpha value is -2.31. The third kappa shape index (κ3) is 4.70. The number of carbonyl (C=O) groups excluding carboxylic acids is 1. The summed E-state index contributed by atoms with van der Waals surface area (Å²) in [5.41, 5.74) is 3.08. The number of aromatic nitrogens is 2. The standard InChI is InChI=1S/C21H25N3O2S/c1-15(17-9-5-4-6-10-17)22-20(25)16(2)27-21-23-18-11-7-8-12-19(18)24(21)13-14-26-3/h4-12,15-16H,13-14H2,1-3H3,(H,22,25). The van der Waals surface area contributed by atoms with E-state index in [1.54, 1.807) is 7.11 Å². The van der Waals surface area contributed by atoms with Crippen molar-refractivity contribution in [1.82, 2.24) is 14.9 Å². The number of thioether (sulfide) groups is 1. The number of nitrogens with one attached hydrogen (secondary N) is 1. The van der Waals surface area contributed by atoms with Crippen LogP contribution in [0.3, 0.4) is 0 Å². The van der Waals surface area contributed by atoms with E-state index in [4.69, 9.17) is 9.72 Å². The molecule has 3 aromatic rings. The fourth-order valence-corrected chi connectivity index (χ4v) is 3.87. The molecule has 0 saturated carbocycles. The molecule has 2 atom stereocenters. The Morgan fingerprint density at radius 1 is 1.15 bits per heavy atom. The Kier molecular flexibility index (Phi) is 6.53. The molecule has 3 rings (SSSR count). The highest BCUT2D eigenvalue weighted by atomic mass is 32.2. The van der Waals surface area contributed by atoms with Crippen LogP contribution in [0.15, 0.2) is 59.8 Å². The van der Waals surface area contributed by atoms with E-state index in [0.717, 1.165) is 21.8 Å². The molecule has 0 aliphatic rings. The zero-order chi connectivity index (χ0) is 19.2. The maximum atomic E-state index is 12.7. The summed E-state index contributed by atoms with van der Waals surface area (Å²) in [7, 11) is 1.69. The van der Waals surface area contributed by atoms with Gasteiger partial charge < -0.3 is 14.6 Å². The van der Waals surface area contributed by atoms with E-state index in [9.17, 15) is 4.79 Å². The van der Waals surface area contributed by atoms with E-state index in [1.165, 1.54) is 11.8 Å². The lowest BCUT2D eigenvalue weighted by Crippen LogP contribution is -2.33.